The number of aliphatic hydroxyl groups is 1. The van der Waals surface area contributed by atoms with Gasteiger partial charge in [0.05, 0.1) is 13.2 Å². The lowest BCUT2D eigenvalue weighted by molar-refractivity contribution is -0.140. The van der Waals surface area contributed by atoms with Gasteiger partial charge in [0.15, 0.2) is 6.04 Å². The van der Waals surface area contributed by atoms with Gasteiger partial charge >= 0.3 is 12.0 Å². The van der Waals surface area contributed by atoms with Gasteiger partial charge in [-0.05, 0) is 18.8 Å². The topological polar surface area (TPSA) is 108 Å². The zero-order chi connectivity index (χ0) is 12.7. The minimum absolute atomic E-state index is 0.270. The molecule has 0 aliphatic carbocycles. The number of aliphatic hydroxyl groups excluding tert-OH is 1. The highest BCUT2D eigenvalue weighted by molar-refractivity contribution is 5.82. The van der Waals surface area contributed by atoms with Gasteiger partial charge in [-0.15, -0.1) is 0 Å². The van der Waals surface area contributed by atoms with Crippen LogP contribution in [0.4, 0.5) is 4.79 Å². The van der Waals surface area contributed by atoms with Crippen molar-refractivity contribution in [1.29, 1.82) is 0 Å². The second-order valence-corrected chi connectivity index (χ2v) is 4.01. The molecule has 2 unspecified atom stereocenters. The maximum atomic E-state index is 11.3. The van der Waals surface area contributed by atoms with Crippen LogP contribution in [0, 0.1) is 5.92 Å². The number of amides is 2. The van der Waals surface area contributed by atoms with Crippen molar-refractivity contribution < 1.29 is 24.5 Å². The molecule has 0 aromatic carbocycles. The Morgan fingerprint density at radius 3 is 2.76 bits per heavy atom. The number of hydrogen-bond donors (Lipinski definition) is 4. The van der Waals surface area contributed by atoms with E-state index in [1.54, 1.807) is 0 Å². The van der Waals surface area contributed by atoms with Gasteiger partial charge < -0.3 is 25.6 Å². The van der Waals surface area contributed by atoms with Gasteiger partial charge in [-0.3, -0.25) is 0 Å². The molecule has 1 aliphatic rings. The minimum atomic E-state index is -1.27. The first-order valence-electron chi connectivity index (χ1n) is 5.59. The van der Waals surface area contributed by atoms with Gasteiger partial charge in [0.1, 0.15) is 0 Å². The SMILES string of the molecule is O=C(NCC1CCCOC1)NC(CO)C(=O)O. The van der Waals surface area contributed by atoms with Crippen LogP contribution in [0.15, 0.2) is 0 Å². The van der Waals surface area contributed by atoms with E-state index in [-0.39, 0.29) is 5.92 Å². The zero-order valence-electron chi connectivity index (χ0n) is 9.52. The standard InChI is InChI=1S/C10H18N2O5/c13-5-8(9(14)15)12-10(16)11-4-7-2-1-3-17-6-7/h7-8,13H,1-6H2,(H,14,15)(H2,11,12,16). The minimum Gasteiger partial charge on any atom is -0.480 e. The first-order chi connectivity index (χ1) is 8.13. The van der Waals surface area contributed by atoms with Gasteiger partial charge in [0, 0.05) is 13.2 Å². The van der Waals surface area contributed by atoms with Crippen molar-refractivity contribution in [1.82, 2.24) is 10.6 Å². The van der Waals surface area contributed by atoms with Crippen molar-refractivity contribution >= 4 is 12.0 Å². The summed E-state index contributed by atoms with van der Waals surface area (Å²) < 4.78 is 5.25. The van der Waals surface area contributed by atoms with Crippen LogP contribution in [0.2, 0.25) is 0 Å². The largest absolute Gasteiger partial charge is 0.480 e. The van der Waals surface area contributed by atoms with Gasteiger partial charge in [0.2, 0.25) is 0 Å². The van der Waals surface area contributed by atoms with E-state index in [4.69, 9.17) is 14.9 Å². The Morgan fingerprint density at radius 1 is 1.47 bits per heavy atom. The van der Waals surface area contributed by atoms with E-state index in [9.17, 15) is 9.59 Å². The molecule has 1 rings (SSSR count). The molecule has 1 aliphatic heterocycles. The van der Waals surface area contributed by atoms with E-state index < -0.39 is 24.6 Å². The third-order valence-corrected chi connectivity index (χ3v) is 2.59. The molecule has 1 fully saturated rings. The Balaban J connectivity index is 2.21. The van der Waals surface area contributed by atoms with Crippen LogP contribution in [-0.2, 0) is 9.53 Å². The number of ether oxygens (including phenoxy) is 1. The number of urea groups is 1. The lowest BCUT2D eigenvalue weighted by atomic mass is 10.0. The lowest BCUT2D eigenvalue weighted by Crippen LogP contribution is -2.49. The van der Waals surface area contributed by atoms with Crippen molar-refractivity contribution in [2.45, 2.75) is 18.9 Å². The maximum absolute atomic E-state index is 11.3. The Kier molecular flexibility index (Phi) is 5.71. The summed E-state index contributed by atoms with van der Waals surface area (Å²) in [5.74, 6) is -0.990. The molecular formula is C10H18N2O5. The summed E-state index contributed by atoms with van der Waals surface area (Å²) in [6.45, 7) is 1.19. The van der Waals surface area contributed by atoms with Crippen molar-refractivity contribution in [3.05, 3.63) is 0 Å². The van der Waals surface area contributed by atoms with Crippen LogP contribution >= 0.6 is 0 Å². The molecule has 0 spiro atoms. The van der Waals surface area contributed by atoms with Gasteiger partial charge in [-0.2, -0.15) is 0 Å². The molecule has 7 heteroatoms. The van der Waals surface area contributed by atoms with Crippen molar-refractivity contribution in [3.63, 3.8) is 0 Å². The van der Waals surface area contributed by atoms with Crippen molar-refractivity contribution in [2.24, 2.45) is 5.92 Å². The average molecular weight is 246 g/mol. The molecule has 17 heavy (non-hydrogen) atoms. The number of carboxylic acid groups (broad SMARTS) is 1. The number of carboxylic acids is 1. The summed E-state index contributed by atoms with van der Waals surface area (Å²) in [4.78, 5) is 21.9. The van der Waals surface area contributed by atoms with Gasteiger partial charge in [-0.1, -0.05) is 0 Å². The van der Waals surface area contributed by atoms with E-state index in [2.05, 4.69) is 10.6 Å². The number of hydrogen-bond acceptors (Lipinski definition) is 4. The van der Waals surface area contributed by atoms with E-state index in [1.165, 1.54) is 0 Å². The highest BCUT2D eigenvalue weighted by Crippen LogP contribution is 2.11. The Hall–Kier alpha value is -1.34. The fourth-order valence-electron chi connectivity index (χ4n) is 1.60. The number of carbonyl (C=O) groups is 2. The molecule has 0 bridgehead atoms. The van der Waals surface area contributed by atoms with Crippen molar-refractivity contribution in [2.75, 3.05) is 26.4 Å². The molecule has 0 aromatic rings. The van der Waals surface area contributed by atoms with E-state index in [0.717, 1.165) is 19.4 Å². The summed E-state index contributed by atoms with van der Waals surface area (Å²) in [5, 5.41) is 22.1. The number of aliphatic carboxylic acids is 1. The highest BCUT2D eigenvalue weighted by atomic mass is 16.5. The molecule has 2 amide bonds. The number of nitrogens with one attached hydrogen (secondary N) is 2. The zero-order valence-corrected chi connectivity index (χ0v) is 9.52. The molecule has 0 aromatic heterocycles. The summed E-state index contributed by atoms with van der Waals surface area (Å²) >= 11 is 0. The molecule has 0 radical (unpaired) electrons. The third-order valence-electron chi connectivity index (χ3n) is 2.59. The molecule has 1 heterocycles. The fraction of sp³-hybridized carbons (Fsp3) is 0.800. The Bertz CT molecular complexity index is 265. The first-order valence-corrected chi connectivity index (χ1v) is 5.59. The maximum Gasteiger partial charge on any atom is 0.328 e. The molecule has 1 saturated heterocycles. The first kappa shape index (κ1) is 13.7. The average Bonchev–Trinajstić information content (AvgIpc) is 2.34. The van der Waals surface area contributed by atoms with Gasteiger partial charge in [0.25, 0.3) is 0 Å². The predicted molar refractivity (Wildman–Crippen MR) is 58.6 cm³/mol. The van der Waals surface area contributed by atoms with Crippen molar-refractivity contribution in [3.8, 4) is 0 Å². The van der Waals surface area contributed by atoms with Gasteiger partial charge in [-0.25, -0.2) is 9.59 Å². The molecule has 4 N–H and O–H groups in total. The Labute approximate surface area is 99.1 Å². The lowest BCUT2D eigenvalue weighted by Gasteiger charge is -2.22. The second kappa shape index (κ2) is 7.08. The summed E-state index contributed by atoms with van der Waals surface area (Å²) in [7, 11) is 0. The van der Waals surface area contributed by atoms with Crippen LogP contribution in [0.1, 0.15) is 12.8 Å². The quantitative estimate of drug-likeness (QED) is 0.506. The summed E-state index contributed by atoms with van der Waals surface area (Å²) in [6.07, 6.45) is 1.96. The van der Waals surface area contributed by atoms with Crippen LogP contribution in [-0.4, -0.2) is 54.6 Å². The van der Waals surface area contributed by atoms with Crippen LogP contribution in [0.5, 0.6) is 0 Å². The van der Waals surface area contributed by atoms with E-state index in [1.807, 2.05) is 0 Å². The number of carbonyl (C=O) groups excluding carboxylic acids is 1. The highest BCUT2D eigenvalue weighted by Gasteiger charge is 2.19. The van der Waals surface area contributed by atoms with E-state index in [0.29, 0.717) is 13.2 Å². The molecule has 7 nitrogen and oxygen atoms in total. The molecular weight excluding hydrogens is 228 g/mol. The third kappa shape index (κ3) is 5.01. The predicted octanol–water partition coefficient (Wildman–Crippen LogP) is -0.842. The van der Waals surface area contributed by atoms with Crippen LogP contribution in [0.25, 0.3) is 0 Å². The molecule has 2 atom stereocenters. The summed E-state index contributed by atoms with van der Waals surface area (Å²) in [5.41, 5.74) is 0. The molecule has 98 valence electrons. The van der Waals surface area contributed by atoms with E-state index >= 15 is 0 Å². The monoisotopic (exact) mass is 246 g/mol. The fourth-order valence-corrected chi connectivity index (χ4v) is 1.60. The second-order valence-electron chi connectivity index (χ2n) is 4.01. The van der Waals surface area contributed by atoms with Crippen LogP contribution < -0.4 is 10.6 Å². The number of rotatable bonds is 5. The smallest absolute Gasteiger partial charge is 0.328 e. The Morgan fingerprint density at radius 2 is 2.24 bits per heavy atom. The van der Waals surface area contributed by atoms with Crippen LogP contribution in [0.3, 0.4) is 0 Å². The molecule has 0 saturated carbocycles. The normalized spacial score (nSPS) is 21.6. The summed E-state index contributed by atoms with van der Waals surface area (Å²) in [6, 6.07) is -1.85.